The predicted molar refractivity (Wildman–Crippen MR) is 74.4 cm³/mol. The molecule has 0 N–H and O–H groups in total. The summed E-state index contributed by atoms with van der Waals surface area (Å²) >= 11 is 0. The molecule has 114 valence electrons. The summed E-state index contributed by atoms with van der Waals surface area (Å²) in [6.07, 6.45) is 1.16. The number of aromatic nitrogens is 2. The normalized spacial score (nSPS) is 13.9. The first kappa shape index (κ1) is 15.0. The Bertz CT molecular complexity index is 623. The lowest BCUT2D eigenvalue weighted by Gasteiger charge is -2.29. The van der Waals surface area contributed by atoms with Crippen molar-refractivity contribution in [1.29, 1.82) is 0 Å². The summed E-state index contributed by atoms with van der Waals surface area (Å²) in [5.41, 5.74) is -0.541. The summed E-state index contributed by atoms with van der Waals surface area (Å²) in [6.45, 7) is 3.54. The van der Waals surface area contributed by atoms with Crippen LogP contribution in [-0.4, -0.2) is 58.8 Å². The van der Waals surface area contributed by atoms with Gasteiger partial charge in [-0.2, -0.15) is 5.10 Å². The SMILES string of the molecule is CCCN1CCn2ncc(=O)c(OC(=O)N(C)C)c2C1=O. The highest BCUT2D eigenvalue weighted by molar-refractivity contribution is 5.96. The maximum absolute atomic E-state index is 12.5. The van der Waals surface area contributed by atoms with E-state index in [9.17, 15) is 14.4 Å². The van der Waals surface area contributed by atoms with Crippen molar-refractivity contribution in [3.63, 3.8) is 0 Å². The summed E-state index contributed by atoms with van der Waals surface area (Å²) in [7, 11) is 3.00. The van der Waals surface area contributed by atoms with Gasteiger partial charge in [-0.25, -0.2) is 4.79 Å². The Hall–Kier alpha value is -2.38. The molecule has 2 heterocycles. The summed E-state index contributed by atoms with van der Waals surface area (Å²) in [5, 5.41) is 3.93. The van der Waals surface area contributed by atoms with Gasteiger partial charge in [-0.3, -0.25) is 14.3 Å². The first-order valence-electron chi connectivity index (χ1n) is 6.74. The minimum atomic E-state index is -0.707. The second-order valence-electron chi connectivity index (χ2n) is 4.96. The van der Waals surface area contributed by atoms with Crippen LogP contribution in [0.2, 0.25) is 0 Å². The summed E-state index contributed by atoms with van der Waals surface area (Å²) in [5.74, 6) is -0.593. The van der Waals surface area contributed by atoms with Crippen LogP contribution in [0, 0.1) is 0 Å². The van der Waals surface area contributed by atoms with E-state index in [1.165, 1.54) is 23.7 Å². The number of amides is 2. The largest absolute Gasteiger partial charge is 0.414 e. The van der Waals surface area contributed by atoms with Gasteiger partial charge in [0.25, 0.3) is 5.91 Å². The van der Waals surface area contributed by atoms with Crippen LogP contribution < -0.4 is 10.2 Å². The molecule has 0 saturated carbocycles. The molecule has 1 aliphatic heterocycles. The van der Waals surface area contributed by atoms with E-state index in [0.717, 1.165) is 12.6 Å². The number of carbonyl (C=O) groups excluding carboxylic acids is 2. The van der Waals surface area contributed by atoms with Gasteiger partial charge in [0, 0.05) is 27.2 Å². The number of carbonyl (C=O) groups is 2. The van der Waals surface area contributed by atoms with E-state index in [-0.39, 0.29) is 17.4 Å². The molecule has 0 unspecified atom stereocenters. The number of ether oxygens (including phenoxy) is 1. The number of hydrogen-bond acceptors (Lipinski definition) is 5. The molecule has 8 heteroatoms. The fourth-order valence-electron chi connectivity index (χ4n) is 2.08. The molecule has 1 aliphatic rings. The number of nitrogens with zero attached hydrogens (tertiary/aromatic N) is 4. The smallest absolute Gasteiger partial charge is 0.403 e. The van der Waals surface area contributed by atoms with Gasteiger partial charge < -0.3 is 14.5 Å². The Morgan fingerprint density at radius 1 is 1.38 bits per heavy atom. The van der Waals surface area contributed by atoms with Crippen LogP contribution >= 0.6 is 0 Å². The first-order chi connectivity index (χ1) is 9.95. The highest BCUT2D eigenvalue weighted by Crippen LogP contribution is 2.19. The van der Waals surface area contributed by atoms with Crippen LogP contribution in [0.15, 0.2) is 11.0 Å². The topological polar surface area (TPSA) is 84.7 Å². The van der Waals surface area contributed by atoms with Crippen LogP contribution in [0.4, 0.5) is 4.79 Å². The van der Waals surface area contributed by atoms with Crippen molar-refractivity contribution in [1.82, 2.24) is 19.6 Å². The van der Waals surface area contributed by atoms with E-state index in [2.05, 4.69) is 5.10 Å². The molecule has 0 aliphatic carbocycles. The fourth-order valence-corrected chi connectivity index (χ4v) is 2.08. The third-order valence-electron chi connectivity index (χ3n) is 3.13. The molecule has 0 spiro atoms. The summed E-state index contributed by atoms with van der Waals surface area (Å²) in [6, 6.07) is 0. The molecule has 0 bridgehead atoms. The maximum atomic E-state index is 12.5. The van der Waals surface area contributed by atoms with Crippen LogP contribution in [0.1, 0.15) is 23.8 Å². The second kappa shape index (κ2) is 5.94. The van der Waals surface area contributed by atoms with Gasteiger partial charge in [0.2, 0.25) is 11.2 Å². The average Bonchev–Trinajstić information content (AvgIpc) is 2.44. The Morgan fingerprint density at radius 2 is 2.10 bits per heavy atom. The van der Waals surface area contributed by atoms with Crippen molar-refractivity contribution in [2.75, 3.05) is 27.2 Å². The minimum absolute atomic E-state index is 0.0393. The molecule has 2 rings (SSSR count). The van der Waals surface area contributed by atoms with Crippen LogP contribution in [0.25, 0.3) is 0 Å². The van der Waals surface area contributed by atoms with Crippen LogP contribution in [0.5, 0.6) is 5.75 Å². The third-order valence-corrected chi connectivity index (χ3v) is 3.13. The number of fused-ring (bicyclic) bond motifs is 1. The quantitative estimate of drug-likeness (QED) is 0.793. The Kier molecular flexibility index (Phi) is 4.25. The van der Waals surface area contributed by atoms with E-state index in [4.69, 9.17) is 4.74 Å². The molecule has 8 nitrogen and oxygen atoms in total. The Labute approximate surface area is 121 Å². The highest BCUT2D eigenvalue weighted by atomic mass is 16.6. The van der Waals surface area contributed by atoms with Crippen molar-refractivity contribution in [2.24, 2.45) is 0 Å². The molecule has 21 heavy (non-hydrogen) atoms. The zero-order valence-corrected chi connectivity index (χ0v) is 12.3. The lowest BCUT2D eigenvalue weighted by atomic mass is 10.2. The Morgan fingerprint density at radius 3 is 2.71 bits per heavy atom. The van der Waals surface area contributed by atoms with E-state index in [1.54, 1.807) is 4.90 Å². The second-order valence-corrected chi connectivity index (χ2v) is 4.96. The molecule has 2 amide bonds. The van der Waals surface area contributed by atoms with Crippen molar-refractivity contribution >= 4 is 12.0 Å². The number of rotatable bonds is 3. The lowest BCUT2D eigenvalue weighted by molar-refractivity contribution is 0.0687. The van der Waals surface area contributed by atoms with E-state index in [0.29, 0.717) is 19.6 Å². The first-order valence-corrected chi connectivity index (χ1v) is 6.74. The third kappa shape index (κ3) is 2.88. The standard InChI is InChI=1S/C13H18N4O4/c1-4-5-16-6-7-17-10(12(16)19)11(9(18)8-14-17)21-13(20)15(2)3/h8H,4-7H2,1-3H3. The van der Waals surface area contributed by atoms with E-state index < -0.39 is 11.5 Å². The molecular formula is C13H18N4O4. The molecule has 0 aromatic carbocycles. The zero-order valence-electron chi connectivity index (χ0n) is 12.3. The van der Waals surface area contributed by atoms with Gasteiger partial charge in [0.1, 0.15) is 0 Å². The van der Waals surface area contributed by atoms with Crippen molar-refractivity contribution in [2.45, 2.75) is 19.9 Å². The van der Waals surface area contributed by atoms with Gasteiger partial charge in [-0.15, -0.1) is 0 Å². The van der Waals surface area contributed by atoms with Gasteiger partial charge in [0.15, 0.2) is 5.69 Å². The van der Waals surface area contributed by atoms with Crippen molar-refractivity contribution in [3.05, 3.63) is 22.1 Å². The maximum Gasteiger partial charge on any atom is 0.414 e. The minimum Gasteiger partial charge on any atom is -0.403 e. The van der Waals surface area contributed by atoms with Crippen LogP contribution in [0.3, 0.4) is 0 Å². The predicted octanol–water partition coefficient (Wildman–Crippen LogP) is 0.169. The monoisotopic (exact) mass is 294 g/mol. The summed E-state index contributed by atoms with van der Waals surface area (Å²) < 4.78 is 6.48. The molecule has 1 aromatic rings. The number of hydrogen-bond donors (Lipinski definition) is 0. The molecular weight excluding hydrogens is 276 g/mol. The Balaban J connectivity index is 2.45. The van der Waals surface area contributed by atoms with Gasteiger partial charge in [-0.05, 0) is 6.42 Å². The molecule has 1 aromatic heterocycles. The molecule has 0 atom stereocenters. The van der Waals surface area contributed by atoms with Crippen molar-refractivity contribution in [3.8, 4) is 5.75 Å². The molecule has 0 fully saturated rings. The molecule has 0 saturated heterocycles. The highest BCUT2D eigenvalue weighted by Gasteiger charge is 2.30. The average molecular weight is 294 g/mol. The van der Waals surface area contributed by atoms with E-state index in [1.807, 2.05) is 6.92 Å². The fraction of sp³-hybridized carbons (Fsp3) is 0.538. The van der Waals surface area contributed by atoms with Gasteiger partial charge in [-0.1, -0.05) is 6.92 Å². The molecule has 0 radical (unpaired) electrons. The van der Waals surface area contributed by atoms with Crippen molar-refractivity contribution < 1.29 is 14.3 Å². The van der Waals surface area contributed by atoms with Crippen LogP contribution in [-0.2, 0) is 6.54 Å². The lowest BCUT2D eigenvalue weighted by Crippen LogP contribution is -2.43. The van der Waals surface area contributed by atoms with E-state index >= 15 is 0 Å². The van der Waals surface area contributed by atoms with Gasteiger partial charge in [0.05, 0.1) is 12.7 Å². The van der Waals surface area contributed by atoms with Gasteiger partial charge >= 0.3 is 6.09 Å². The summed E-state index contributed by atoms with van der Waals surface area (Å²) in [4.78, 5) is 38.9. The zero-order chi connectivity index (χ0) is 15.6.